The smallest absolute Gasteiger partial charge is 0.313 e. The highest BCUT2D eigenvalue weighted by molar-refractivity contribution is 7.19. The Morgan fingerprint density at radius 1 is 0.676 bits per heavy atom. The zero-order chi connectivity index (χ0) is 23.9. The second-order valence-corrected chi connectivity index (χ2v) is 11.5. The van der Waals surface area contributed by atoms with Gasteiger partial charge in [-0.05, 0) is 48.1 Å². The summed E-state index contributed by atoms with van der Waals surface area (Å²) < 4.78 is 13.0. The fourth-order valence-corrected chi connectivity index (χ4v) is 4.23. The first-order chi connectivity index (χ1) is 16.2. The lowest BCUT2D eigenvalue weighted by atomic mass is 9.83. The quantitative estimate of drug-likeness (QED) is 0.194. The van der Waals surface area contributed by atoms with Crippen molar-refractivity contribution in [2.75, 3.05) is 0 Å². The van der Waals surface area contributed by atoms with Gasteiger partial charge in [0, 0.05) is 21.5 Å². The van der Waals surface area contributed by atoms with Crippen LogP contribution >= 0.6 is 9.24 Å². The molecule has 0 N–H and O–H groups in total. The molecule has 34 heavy (non-hydrogen) atoms. The Morgan fingerprint density at radius 2 is 1.32 bits per heavy atom. The Labute approximate surface area is 204 Å². The van der Waals surface area contributed by atoms with E-state index in [1.165, 1.54) is 11.1 Å². The van der Waals surface area contributed by atoms with E-state index in [1.807, 2.05) is 6.07 Å². The van der Waals surface area contributed by atoms with Crippen LogP contribution in [0.4, 0.5) is 0 Å². The molecule has 0 fully saturated rings. The molecule has 0 amide bonds. The zero-order valence-corrected chi connectivity index (χ0v) is 21.4. The zero-order valence-electron chi connectivity index (χ0n) is 20.3. The first kappa shape index (κ1) is 22.9. The molecule has 170 valence electrons. The number of hydrogen-bond donors (Lipinski definition) is 0. The highest BCUT2D eigenvalue weighted by Gasteiger charge is 2.34. The van der Waals surface area contributed by atoms with Crippen LogP contribution in [0.3, 0.4) is 0 Å². The van der Waals surface area contributed by atoms with E-state index in [0.717, 1.165) is 38.5 Å². The predicted octanol–water partition coefficient (Wildman–Crippen LogP) is 7.35. The molecule has 4 heteroatoms. The molecule has 1 heterocycles. The van der Waals surface area contributed by atoms with Gasteiger partial charge in [-0.3, -0.25) is 0 Å². The molecule has 1 aromatic heterocycles. The lowest BCUT2D eigenvalue weighted by Gasteiger charge is -2.39. The molecule has 2 nitrogen and oxygen atoms in total. The SMILES string of the molecule is CC(C)(P)C(C)(C)OBc1cccc2c1oc1c(-c3ccccc3)cc(-c3ccccc3)cc12. The van der Waals surface area contributed by atoms with E-state index in [0.29, 0.717) is 7.48 Å². The molecule has 0 saturated heterocycles. The van der Waals surface area contributed by atoms with Crippen molar-refractivity contribution in [3.63, 3.8) is 0 Å². The van der Waals surface area contributed by atoms with Crippen LogP contribution in [0, 0.1) is 0 Å². The normalized spacial score (nSPS) is 12.4. The van der Waals surface area contributed by atoms with E-state index >= 15 is 0 Å². The summed E-state index contributed by atoms with van der Waals surface area (Å²) in [6, 6.07) is 31.9. The van der Waals surface area contributed by atoms with Crippen LogP contribution < -0.4 is 5.46 Å². The van der Waals surface area contributed by atoms with Crippen molar-refractivity contribution >= 4 is 44.1 Å². The number of para-hydroxylation sites is 1. The largest absolute Gasteiger partial charge is 0.456 e. The van der Waals surface area contributed by atoms with E-state index in [-0.39, 0.29) is 10.8 Å². The van der Waals surface area contributed by atoms with E-state index in [2.05, 4.69) is 122 Å². The second-order valence-electron chi connectivity index (χ2n) is 10.0. The molecule has 5 rings (SSSR count). The molecule has 0 bridgehead atoms. The molecule has 0 spiro atoms. The monoisotopic (exact) mass is 464 g/mol. The third-order valence-electron chi connectivity index (χ3n) is 7.01. The lowest BCUT2D eigenvalue weighted by molar-refractivity contribution is 0.0841. The summed E-state index contributed by atoms with van der Waals surface area (Å²) in [5.41, 5.74) is 7.20. The third kappa shape index (κ3) is 4.20. The molecule has 4 aromatic carbocycles. The van der Waals surface area contributed by atoms with Gasteiger partial charge in [0.2, 0.25) is 0 Å². The van der Waals surface area contributed by atoms with Crippen LogP contribution in [-0.2, 0) is 4.65 Å². The Balaban J connectivity index is 1.70. The molecule has 0 saturated carbocycles. The van der Waals surface area contributed by atoms with Gasteiger partial charge in [-0.25, -0.2) is 0 Å². The van der Waals surface area contributed by atoms with Crippen LogP contribution in [0.25, 0.3) is 44.2 Å². The van der Waals surface area contributed by atoms with Gasteiger partial charge in [0.1, 0.15) is 11.2 Å². The first-order valence-corrected chi connectivity index (χ1v) is 12.3. The molecule has 0 aliphatic carbocycles. The van der Waals surface area contributed by atoms with Gasteiger partial charge in [0.15, 0.2) is 0 Å². The Kier molecular flexibility index (Phi) is 5.88. The van der Waals surface area contributed by atoms with Gasteiger partial charge in [0.05, 0.1) is 5.60 Å². The molecule has 0 aliphatic rings. The topological polar surface area (TPSA) is 22.4 Å². The van der Waals surface area contributed by atoms with Gasteiger partial charge in [-0.15, -0.1) is 9.24 Å². The van der Waals surface area contributed by atoms with Crippen molar-refractivity contribution in [2.45, 2.75) is 38.5 Å². The van der Waals surface area contributed by atoms with Crippen molar-refractivity contribution < 1.29 is 9.07 Å². The fourth-order valence-electron chi connectivity index (χ4n) is 4.15. The van der Waals surface area contributed by atoms with E-state index in [4.69, 9.17) is 9.07 Å². The third-order valence-corrected chi connectivity index (χ3v) is 7.71. The highest BCUT2D eigenvalue weighted by atomic mass is 31.0. The van der Waals surface area contributed by atoms with Gasteiger partial charge in [-0.2, -0.15) is 0 Å². The van der Waals surface area contributed by atoms with Crippen LogP contribution in [0.1, 0.15) is 27.7 Å². The minimum Gasteiger partial charge on any atom is -0.456 e. The van der Waals surface area contributed by atoms with Gasteiger partial charge in [-0.1, -0.05) is 92.7 Å². The summed E-state index contributed by atoms with van der Waals surface area (Å²) in [6.07, 6.45) is 0. The summed E-state index contributed by atoms with van der Waals surface area (Å²) >= 11 is 0. The maximum Gasteiger partial charge on any atom is 0.313 e. The van der Waals surface area contributed by atoms with Gasteiger partial charge >= 0.3 is 7.48 Å². The number of furan rings is 1. The summed E-state index contributed by atoms with van der Waals surface area (Å²) in [4.78, 5) is 0. The van der Waals surface area contributed by atoms with Crippen molar-refractivity contribution in [3.8, 4) is 22.3 Å². The summed E-state index contributed by atoms with van der Waals surface area (Å²) in [6.45, 7) is 8.63. The maximum atomic E-state index is 6.63. The Bertz CT molecular complexity index is 1450. The first-order valence-electron chi connectivity index (χ1n) is 11.8. The number of fused-ring (bicyclic) bond motifs is 3. The Morgan fingerprint density at radius 3 is 1.97 bits per heavy atom. The molecule has 0 radical (unpaired) electrons. The number of hydrogen-bond acceptors (Lipinski definition) is 2. The number of rotatable bonds is 6. The standard InChI is InChI=1S/C30H30BO2P/c1-29(2,30(3,4)34)33-31-26-17-11-16-23-25-19-22(20-12-7-5-8-13-20)18-24(27(25)32-28(23)26)21-14-9-6-10-15-21/h5-19,31H,34H2,1-4H3. The lowest BCUT2D eigenvalue weighted by Crippen LogP contribution is -2.45. The average molecular weight is 464 g/mol. The molecule has 0 aliphatic heterocycles. The highest BCUT2D eigenvalue weighted by Crippen LogP contribution is 2.39. The van der Waals surface area contributed by atoms with Crippen molar-refractivity contribution in [2.24, 2.45) is 0 Å². The summed E-state index contributed by atoms with van der Waals surface area (Å²) in [5, 5.41) is 2.19. The maximum absolute atomic E-state index is 6.63. The van der Waals surface area contributed by atoms with Gasteiger partial charge < -0.3 is 9.07 Å². The molecule has 5 aromatic rings. The fraction of sp³-hybridized carbons (Fsp3) is 0.200. The molecule has 1 unspecified atom stereocenters. The van der Waals surface area contributed by atoms with Crippen LogP contribution in [0.15, 0.2) is 95.4 Å². The Hall–Kier alpha value is -2.87. The minimum atomic E-state index is -0.304. The second kappa shape index (κ2) is 8.73. The molecular weight excluding hydrogens is 434 g/mol. The minimum absolute atomic E-state index is 0.0557. The van der Waals surface area contributed by atoms with E-state index in [9.17, 15) is 0 Å². The average Bonchev–Trinajstić information content (AvgIpc) is 3.22. The van der Waals surface area contributed by atoms with E-state index in [1.54, 1.807) is 0 Å². The van der Waals surface area contributed by atoms with Crippen LogP contribution in [0.5, 0.6) is 0 Å². The van der Waals surface area contributed by atoms with Gasteiger partial charge in [0.25, 0.3) is 0 Å². The van der Waals surface area contributed by atoms with Crippen LogP contribution in [-0.4, -0.2) is 18.2 Å². The van der Waals surface area contributed by atoms with Crippen molar-refractivity contribution in [1.82, 2.24) is 0 Å². The van der Waals surface area contributed by atoms with Crippen LogP contribution in [0.2, 0.25) is 0 Å². The van der Waals surface area contributed by atoms with Crippen molar-refractivity contribution in [1.29, 1.82) is 0 Å². The molecule has 1 atom stereocenters. The summed E-state index contributed by atoms with van der Waals surface area (Å²) in [5.74, 6) is 0. The van der Waals surface area contributed by atoms with E-state index < -0.39 is 0 Å². The predicted molar refractivity (Wildman–Crippen MR) is 150 cm³/mol. The molecular formula is C30H30BO2P. The number of benzene rings is 4. The van der Waals surface area contributed by atoms with Crippen molar-refractivity contribution in [3.05, 3.63) is 91.0 Å². The summed E-state index contributed by atoms with van der Waals surface area (Å²) in [7, 11) is 3.40.